The Balaban J connectivity index is 2.03. The fourth-order valence-electron chi connectivity index (χ4n) is 2.88. The standard InChI is InChI=1S/C23H28Cl2N2O2S/c1-3-4-13-26-23(29)17(2)27(16-18-6-5-7-20(25)15-18)22(28)12-14-30-21-10-8-19(24)9-11-21/h5-11,15,17H,3-4,12-14,16H2,1-2H3,(H,26,29). The molecule has 0 spiro atoms. The summed E-state index contributed by atoms with van der Waals surface area (Å²) < 4.78 is 0. The highest BCUT2D eigenvalue weighted by Crippen LogP contribution is 2.22. The van der Waals surface area contributed by atoms with Crippen molar-refractivity contribution < 1.29 is 9.59 Å². The second kappa shape index (κ2) is 12.9. The molecule has 4 nitrogen and oxygen atoms in total. The van der Waals surface area contributed by atoms with Gasteiger partial charge in [0.2, 0.25) is 11.8 Å². The van der Waals surface area contributed by atoms with Crippen molar-refractivity contribution in [3.63, 3.8) is 0 Å². The third kappa shape index (κ3) is 8.21. The Morgan fingerprint density at radius 1 is 1.10 bits per heavy atom. The maximum atomic E-state index is 13.0. The molecule has 0 aromatic heterocycles. The molecule has 1 N–H and O–H groups in total. The molecule has 0 fully saturated rings. The van der Waals surface area contributed by atoms with Gasteiger partial charge in [0, 0.05) is 40.2 Å². The van der Waals surface area contributed by atoms with E-state index in [9.17, 15) is 9.59 Å². The summed E-state index contributed by atoms with van der Waals surface area (Å²) in [6, 6.07) is 14.4. The van der Waals surface area contributed by atoms with Crippen molar-refractivity contribution in [3.8, 4) is 0 Å². The molecule has 2 aromatic rings. The number of amides is 2. The third-order valence-corrected chi connectivity index (χ3v) is 6.14. The van der Waals surface area contributed by atoms with E-state index in [4.69, 9.17) is 23.2 Å². The van der Waals surface area contributed by atoms with Crippen LogP contribution in [0.2, 0.25) is 10.0 Å². The molecule has 162 valence electrons. The number of hydrogen-bond acceptors (Lipinski definition) is 3. The van der Waals surface area contributed by atoms with Crippen molar-refractivity contribution in [2.24, 2.45) is 0 Å². The van der Waals surface area contributed by atoms with Gasteiger partial charge < -0.3 is 10.2 Å². The SMILES string of the molecule is CCCCNC(=O)C(C)N(Cc1cccc(Cl)c1)C(=O)CCSc1ccc(Cl)cc1. The first-order valence-corrected chi connectivity index (χ1v) is 11.8. The van der Waals surface area contributed by atoms with E-state index >= 15 is 0 Å². The molecular weight excluding hydrogens is 439 g/mol. The number of unbranched alkanes of at least 4 members (excludes halogenated alkanes) is 1. The van der Waals surface area contributed by atoms with Crippen LogP contribution in [0.1, 0.15) is 38.7 Å². The second-order valence-corrected chi connectivity index (χ2v) is 9.07. The summed E-state index contributed by atoms with van der Waals surface area (Å²) >= 11 is 13.6. The van der Waals surface area contributed by atoms with Crippen molar-refractivity contribution >= 4 is 46.8 Å². The highest BCUT2D eigenvalue weighted by molar-refractivity contribution is 7.99. The first kappa shape index (κ1) is 24.6. The number of nitrogens with one attached hydrogen (secondary N) is 1. The number of carbonyl (C=O) groups excluding carboxylic acids is 2. The Morgan fingerprint density at radius 3 is 2.50 bits per heavy atom. The lowest BCUT2D eigenvalue weighted by Crippen LogP contribution is -2.47. The lowest BCUT2D eigenvalue weighted by molar-refractivity contribution is -0.140. The molecule has 0 heterocycles. The highest BCUT2D eigenvalue weighted by Gasteiger charge is 2.25. The Morgan fingerprint density at radius 2 is 1.83 bits per heavy atom. The molecule has 0 bridgehead atoms. The van der Waals surface area contributed by atoms with Gasteiger partial charge in [-0.25, -0.2) is 0 Å². The number of benzene rings is 2. The Kier molecular flexibility index (Phi) is 10.6. The lowest BCUT2D eigenvalue weighted by atomic mass is 10.1. The first-order valence-electron chi connectivity index (χ1n) is 10.1. The van der Waals surface area contributed by atoms with Crippen LogP contribution >= 0.6 is 35.0 Å². The summed E-state index contributed by atoms with van der Waals surface area (Å²) in [4.78, 5) is 28.3. The van der Waals surface area contributed by atoms with Gasteiger partial charge in [0.15, 0.2) is 0 Å². The predicted octanol–water partition coefficient (Wildman–Crippen LogP) is 5.81. The van der Waals surface area contributed by atoms with Crippen molar-refractivity contribution in [1.82, 2.24) is 10.2 Å². The zero-order chi connectivity index (χ0) is 21.9. The zero-order valence-corrected chi connectivity index (χ0v) is 19.7. The number of carbonyl (C=O) groups is 2. The van der Waals surface area contributed by atoms with Gasteiger partial charge in [0.1, 0.15) is 6.04 Å². The molecule has 2 rings (SSSR count). The van der Waals surface area contributed by atoms with E-state index in [1.807, 2.05) is 42.5 Å². The summed E-state index contributed by atoms with van der Waals surface area (Å²) in [7, 11) is 0. The molecule has 2 aromatic carbocycles. The van der Waals surface area contributed by atoms with Gasteiger partial charge in [-0.15, -0.1) is 11.8 Å². The van der Waals surface area contributed by atoms with Crippen LogP contribution in [0, 0.1) is 0 Å². The number of nitrogens with zero attached hydrogens (tertiary/aromatic N) is 1. The molecule has 2 amide bonds. The predicted molar refractivity (Wildman–Crippen MR) is 126 cm³/mol. The van der Waals surface area contributed by atoms with Crippen LogP contribution < -0.4 is 5.32 Å². The molecule has 0 aliphatic heterocycles. The Hall–Kier alpha value is -1.69. The average molecular weight is 467 g/mol. The summed E-state index contributed by atoms with van der Waals surface area (Å²) in [5.41, 5.74) is 0.898. The van der Waals surface area contributed by atoms with Gasteiger partial charge >= 0.3 is 0 Å². The molecule has 0 saturated carbocycles. The van der Waals surface area contributed by atoms with E-state index in [0.29, 0.717) is 35.3 Å². The second-order valence-electron chi connectivity index (χ2n) is 7.02. The molecule has 0 aliphatic rings. The number of thioether (sulfide) groups is 1. The zero-order valence-electron chi connectivity index (χ0n) is 17.4. The first-order chi connectivity index (χ1) is 14.4. The van der Waals surface area contributed by atoms with E-state index in [1.165, 1.54) is 0 Å². The molecule has 30 heavy (non-hydrogen) atoms. The largest absolute Gasteiger partial charge is 0.354 e. The lowest BCUT2D eigenvalue weighted by Gasteiger charge is -2.29. The van der Waals surface area contributed by atoms with Crippen molar-refractivity contribution in [2.75, 3.05) is 12.3 Å². The normalized spacial score (nSPS) is 11.7. The van der Waals surface area contributed by atoms with Crippen molar-refractivity contribution in [3.05, 3.63) is 64.1 Å². The number of halogens is 2. The summed E-state index contributed by atoms with van der Waals surface area (Å²) in [6.07, 6.45) is 2.25. The van der Waals surface area contributed by atoms with E-state index in [1.54, 1.807) is 29.7 Å². The van der Waals surface area contributed by atoms with Gasteiger partial charge in [-0.05, 0) is 55.3 Å². The topological polar surface area (TPSA) is 49.4 Å². The van der Waals surface area contributed by atoms with Gasteiger partial charge in [0.25, 0.3) is 0 Å². The van der Waals surface area contributed by atoms with Crippen LogP contribution in [0.25, 0.3) is 0 Å². The van der Waals surface area contributed by atoms with Crippen LogP contribution in [-0.4, -0.2) is 35.1 Å². The van der Waals surface area contributed by atoms with Crippen LogP contribution in [0.4, 0.5) is 0 Å². The molecule has 1 unspecified atom stereocenters. The van der Waals surface area contributed by atoms with Crippen LogP contribution in [0.3, 0.4) is 0 Å². The minimum Gasteiger partial charge on any atom is -0.354 e. The van der Waals surface area contributed by atoms with E-state index in [0.717, 1.165) is 23.3 Å². The number of rotatable bonds is 11. The van der Waals surface area contributed by atoms with Gasteiger partial charge in [-0.2, -0.15) is 0 Å². The summed E-state index contributed by atoms with van der Waals surface area (Å²) in [5.74, 6) is 0.426. The maximum absolute atomic E-state index is 13.0. The quantitative estimate of drug-likeness (QED) is 0.335. The maximum Gasteiger partial charge on any atom is 0.242 e. The van der Waals surface area contributed by atoms with E-state index < -0.39 is 6.04 Å². The smallest absolute Gasteiger partial charge is 0.242 e. The number of hydrogen-bond donors (Lipinski definition) is 1. The average Bonchev–Trinajstić information content (AvgIpc) is 2.73. The fourth-order valence-corrected chi connectivity index (χ4v) is 4.06. The minimum absolute atomic E-state index is 0.0606. The van der Waals surface area contributed by atoms with Gasteiger partial charge in [-0.3, -0.25) is 9.59 Å². The Bertz CT molecular complexity index is 830. The van der Waals surface area contributed by atoms with Crippen LogP contribution in [-0.2, 0) is 16.1 Å². The van der Waals surface area contributed by atoms with Gasteiger partial charge in [0.05, 0.1) is 0 Å². The summed E-state index contributed by atoms with van der Waals surface area (Å²) in [5, 5.41) is 4.22. The third-order valence-electron chi connectivity index (χ3n) is 4.64. The minimum atomic E-state index is -0.561. The molecule has 0 aliphatic carbocycles. The van der Waals surface area contributed by atoms with Crippen LogP contribution in [0.5, 0.6) is 0 Å². The fraction of sp³-hybridized carbons (Fsp3) is 0.391. The van der Waals surface area contributed by atoms with E-state index in [2.05, 4.69) is 12.2 Å². The van der Waals surface area contributed by atoms with Crippen molar-refractivity contribution in [2.45, 2.75) is 50.6 Å². The van der Waals surface area contributed by atoms with Gasteiger partial charge in [-0.1, -0.05) is 48.7 Å². The van der Waals surface area contributed by atoms with Crippen LogP contribution in [0.15, 0.2) is 53.4 Å². The molecule has 7 heteroatoms. The molecular formula is C23H28Cl2N2O2S. The van der Waals surface area contributed by atoms with Crippen molar-refractivity contribution in [1.29, 1.82) is 0 Å². The Labute approximate surface area is 193 Å². The summed E-state index contributed by atoms with van der Waals surface area (Å²) in [6.45, 7) is 4.80. The highest BCUT2D eigenvalue weighted by atomic mass is 35.5. The van der Waals surface area contributed by atoms with E-state index in [-0.39, 0.29) is 11.8 Å². The molecule has 0 saturated heterocycles. The monoisotopic (exact) mass is 466 g/mol. The molecule has 0 radical (unpaired) electrons. The molecule has 1 atom stereocenters.